The van der Waals surface area contributed by atoms with Gasteiger partial charge in [0.15, 0.2) is 0 Å². The minimum absolute atomic E-state index is 0.647. The van der Waals surface area contributed by atoms with Gasteiger partial charge in [-0.3, -0.25) is 4.98 Å². The van der Waals surface area contributed by atoms with Crippen molar-refractivity contribution in [1.82, 2.24) is 4.98 Å². The van der Waals surface area contributed by atoms with Crippen molar-refractivity contribution in [2.45, 2.75) is 18.3 Å². The minimum atomic E-state index is 0.647. The van der Waals surface area contributed by atoms with Crippen LogP contribution in [0.3, 0.4) is 0 Å². The summed E-state index contributed by atoms with van der Waals surface area (Å²) in [7, 11) is 0. The number of aromatic nitrogens is 1. The molecular formula is C14H13N. The van der Waals surface area contributed by atoms with E-state index in [1.54, 1.807) is 0 Å². The maximum atomic E-state index is 4.42. The molecule has 1 heteroatoms. The highest BCUT2D eigenvalue weighted by Gasteiger charge is 2.40. The average molecular weight is 195 g/mol. The second-order valence-electron chi connectivity index (χ2n) is 4.11. The van der Waals surface area contributed by atoms with Crippen molar-refractivity contribution in [3.63, 3.8) is 0 Å². The van der Waals surface area contributed by atoms with Gasteiger partial charge in [-0.15, -0.1) is 0 Å². The van der Waals surface area contributed by atoms with Crippen molar-refractivity contribution in [2.75, 3.05) is 0 Å². The first kappa shape index (κ1) is 8.66. The molecule has 1 aliphatic carbocycles. The molecule has 1 fully saturated rings. The molecule has 0 radical (unpaired) electrons. The van der Waals surface area contributed by atoms with Crippen LogP contribution in [0.2, 0.25) is 0 Å². The maximum absolute atomic E-state index is 4.42. The summed E-state index contributed by atoms with van der Waals surface area (Å²) in [4.78, 5) is 4.42. The van der Waals surface area contributed by atoms with Crippen LogP contribution in [-0.2, 0) is 0 Å². The Bertz CT molecular complexity index is 392. The van der Waals surface area contributed by atoms with E-state index in [1.807, 2.05) is 12.3 Å². The van der Waals surface area contributed by atoms with Gasteiger partial charge in [-0.1, -0.05) is 36.4 Å². The van der Waals surface area contributed by atoms with Crippen molar-refractivity contribution in [3.8, 4) is 0 Å². The Morgan fingerprint density at radius 3 is 2.40 bits per heavy atom. The van der Waals surface area contributed by atoms with Crippen molar-refractivity contribution in [2.24, 2.45) is 0 Å². The minimum Gasteiger partial charge on any atom is -0.261 e. The molecule has 2 atom stereocenters. The lowest BCUT2D eigenvalue weighted by atomic mass is 10.1. The fourth-order valence-electron chi connectivity index (χ4n) is 2.19. The molecule has 1 aromatic carbocycles. The van der Waals surface area contributed by atoms with E-state index in [1.165, 1.54) is 17.7 Å². The lowest BCUT2D eigenvalue weighted by Crippen LogP contribution is -1.86. The van der Waals surface area contributed by atoms with Crippen molar-refractivity contribution >= 4 is 0 Å². The number of nitrogens with zero attached hydrogens (tertiary/aromatic N) is 1. The van der Waals surface area contributed by atoms with Gasteiger partial charge in [-0.2, -0.15) is 0 Å². The molecule has 0 unspecified atom stereocenters. The first-order valence-corrected chi connectivity index (χ1v) is 5.41. The molecule has 0 amide bonds. The number of pyridine rings is 1. The largest absolute Gasteiger partial charge is 0.261 e. The van der Waals surface area contributed by atoms with E-state index in [-0.39, 0.29) is 0 Å². The first-order chi connectivity index (χ1) is 7.45. The fraction of sp³-hybridized carbons (Fsp3) is 0.214. The molecule has 0 N–H and O–H groups in total. The number of hydrogen-bond donors (Lipinski definition) is 0. The van der Waals surface area contributed by atoms with Gasteiger partial charge in [0.1, 0.15) is 0 Å². The van der Waals surface area contributed by atoms with Gasteiger partial charge in [-0.05, 0) is 30.0 Å². The van der Waals surface area contributed by atoms with E-state index in [0.29, 0.717) is 11.8 Å². The van der Waals surface area contributed by atoms with Crippen LogP contribution in [0.15, 0.2) is 54.7 Å². The molecule has 0 aliphatic heterocycles. The van der Waals surface area contributed by atoms with E-state index >= 15 is 0 Å². The zero-order chi connectivity index (χ0) is 10.1. The summed E-state index contributed by atoms with van der Waals surface area (Å²) in [5.41, 5.74) is 2.69. The molecule has 1 aromatic heterocycles. The third-order valence-electron chi connectivity index (χ3n) is 3.09. The van der Waals surface area contributed by atoms with Gasteiger partial charge in [0, 0.05) is 17.8 Å². The molecule has 74 valence electrons. The van der Waals surface area contributed by atoms with Crippen LogP contribution >= 0.6 is 0 Å². The lowest BCUT2D eigenvalue weighted by molar-refractivity contribution is 0.966. The van der Waals surface area contributed by atoms with Crippen LogP contribution in [0.1, 0.15) is 29.5 Å². The highest BCUT2D eigenvalue weighted by Crippen LogP contribution is 2.53. The van der Waals surface area contributed by atoms with Gasteiger partial charge in [-0.25, -0.2) is 0 Å². The van der Waals surface area contributed by atoms with E-state index < -0.39 is 0 Å². The molecule has 2 aromatic rings. The van der Waals surface area contributed by atoms with Gasteiger partial charge in [0.2, 0.25) is 0 Å². The summed E-state index contributed by atoms with van der Waals surface area (Å²) in [6, 6.07) is 16.9. The van der Waals surface area contributed by atoms with Crippen LogP contribution in [-0.4, -0.2) is 4.98 Å². The van der Waals surface area contributed by atoms with Crippen LogP contribution in [0.5, 0.6) is 0 Å². The Balaban J connectivity index is 1.81. The van der Waals surface area contributed by atoms with Crippen LogP contribution < -0.4 is 0 Å². The summed E-state index contributed by atoms with van der Waals surface area (Å²) in [6.45, 7) is 0. The molecule has 1 nitrogen and oxygen atoms in total. The van der Waals surface area contributed by atoms with Gasteiger partial charge < -0.3 is 0 Å². The predicted octanol–water partition coefficient (Wildman–Crippen LogP) is 3.35. The SMILES string of the molecule is c1ccc([C@@H]2C[C@@H]2c2ccccn2)cc1. The van der Waals surface area contributed by atoms with Crippen molar-refractivity contribution < 1.29 is 0 Å². The van der Waals surface area contributed by atoms with E-state index in [0.717, 1.165) is 0 Å². The van der Waals surface area contributed by atoms with Crippen LogP contribution in [0.4, 0.5) is 0 Å². The highest BCUT2D eigenvalue weighted by molar-refractivity contribution is 5.32. The molecule has 1 heterocycles. The number of benzene rings is 1. The standard InChI is InChI=1S/C14H13N/c1-2-6-11(7-3-1)12-10-13(12)14-8-4-5-9-15-14/h1-9,12-13H,10H2/t12-,13-/m0/s1. The summed E-state index contributed by atoms with van der Waals surface area (Å²) >= 11 is 0. The monoisotopic (exact) mass is 195 g/mol. The topological polar surface area (TPSA) is 12.9 Å². The summed E-state index contributed by atoms with van der Waals surface area (Å²) in [5.74, 6) is 1.34. The Hall–Kier alpha value is -1.63. The van der Waals surface area contributed by atoms with E-state index in [9.17, 15) is 0 Å². The molecule has 15 heavy (non-hydrogen) atoms. The van der Waals surface area contributed by atoms with Crippen molar-refractivity contribution in [3.05, 3.63) is 66.0 Å². The molecule has 1 aliphatic rings. The highest BCUT2D eigenvalue weighted by atomic mass is 14.7. The zero-order valence-corrected chi connectivity index (χ0v) is 8.51. The van der Waals surface area contributed by atoms with Gasteiger partial charge in [0.25, 0.3) is 0 Å². The van der Waals surface area contributed by atoms with Crippen LogP contribution in [0.25, 0.3) is 0 Å². The van der Waals surface area contributed by atoms with Gasteiger partial charge in [0.05, 0.1) is 0 Å². The third-order valence-corrected chi connectivity index (χ3v) is 3.09. The number of hydrogen-bond acceptors (Lipinski definition) is 1. The normalized spacial score (nSPS) is 23.7. The lowest BCUT2D eigenvalue weighted by Gasteiger charge is -1.99. The Morgan fingerprint density at radius 2 is 1.67 bits per heavy atom. The first-order valence-electron chi connectivity index (χ1n) is 5.41. The molecule has 0 bridgehead atoms. The number of rotatable bonds is 2. The summed E-state index contributed by atoms with van der Waals surface area (Å²) in [6.07, 6.45) is 3.14. The Labute approximate surface area is 89.8 Å². The zero-order valence-electron chi connectivity index (χ0n) is 8.51. The molecule has 3 rings (SSSR count). The van der Waals surface area contributed by atoms with Crippen LogP contribution in [0, 0.1) is 0 Å². The predicted molar refractivity (Wildman–Crippen MR) is 60.8 cm³/mol. The maximum Gasteiger partial charge on any atom is 0.0440 e. The molecule has 0 saturated heterocycles. The van der Waals surface area contributed by atoms with Gasteiger partial charge >= 0.3 is 0 Å². The Kier molecular flexibility index (Phi) is 2.02. The van der Waals surface area contributed by atoms with E-state index in [2.05, 4.69) is 47.4 Å². The molecule has 0 spiro atoms. The second kappa shape index (κ2) is 3.50. The Morgan fingerprint density at radius 1 is 0.867 bits per heavy atom. The fourth-order valence-corrected chi connectivity index (χ4v) is 2.19. The summed E-state index contributed by atoms with van der Waals surface area (Å²) in [5, 5.41) is 0. The third kappa shape index (κ3) is 1.65. The quantitative estimate of drug-likeness (QED) is 0.716. The van der Waals surface area contributed by atoms with E-state index in [4.69, 9.17) is 0 Å². The smallest absolute Gasteiger partial charge is 0.0440 e. The van der Waals surface area contributed by atoms with Crippen molar-refractivity contribution in [1.29, 1.82) is 0 Å². The molecular weight excluding hydrogens is 182 g/mol. The second-order valence-corrected chi connectivity index (χ2v) is 4.11. The average Bonchev–Trinajstić information content (AvgIpc) is 3.11. The summed E-state index contributed by atoms with van der Waals surface area (Å²) < 4.78 is 0. The molecule has 1 saturated carbocycles.